The Morgan fingerprint density at radius 2 is 1.82 bits per heavy atom. The first-order chi connectivity index (χ1) is 12.9. The Labute approximate surface area is 162 Å². The quantitative estimate of drug-likeness (QED) is 0.655. The first-order valence-corrected chi connectivity index (χ1v) is 10.5. The molecule has 0 aliphatic heterocycles. The van der Waals surface area contributed by atoms with Crippen molar-refractivity contribution in [2.45, 2.75) is 68.8 Å². The Morgan fingerprint density at radius 1 is 1.21 bits per heavy atom. The summed E-state index contributed by atoms with van der Waals surface area (Å²) in [6.07, 6.45) is -5.27. The molecule has 1 aliphatic rings. The van der Waals surface area contributed by atoms with Crippen LogP contribution in [0.1, 0.15) is 38.2 Å². The lowest BCUT2D eigenvalue weighted by atomic mass is 9.85. The SMILES string of the molecule is Cc1ccc(S(=O)(=O)NC(C(=O)NC2CCCC(C(F)(F)F)C2)C(C)O)cc1. The lowest BCUT2D eigenvalue weighted by molar-refractivity contribution is -0.184. The fraction of sp³-hybridized carbons (Fsp3) is 0.611. The van der Waals surface area contributed by atoms with E-state index in [0.29, 0.717) is 12.8 Å². The van der Waals surface area contributed by atoms with Gasteiger partial charge in [0.25, 0.3) is 0 Å². The fourth-order valence-electron chi connectivity index (χ4n) is 3.23. The molecular weight excluding hydrogens is 397 g/mol. The van der Waals surface area contributed by atoms with E-state index in [4.69, 9.17) is 0 Å². The van der Waals surface area contributed by atoms with Gasteiger partial charge in [0.2, 0.25) is 15.9 Å². The summed E-state index contributed by atoms with van der Waals surface area (Å²) in [6.45, 7) is 3.02. The van der Waals surface area contributed by atoms with Crippen LogP contribution >= 0.6 is 0 Å². The molecule has 0 radical (unpaired) electrons. The number of rotatable bonds is 6. The van der Waals surface area contributed by atoms with Crippen LogP contribution in [0, 0.1) is 12.8 Å². The molecule has 1 aromatic carbocycles. The van der Waals surface area contributed by atoms with Gasteiger partial charge in [-0.1, -0.05) is 24.1 Å². The number of sulfonamides is 1. The molecule has 1 amide bonds. The van der Waals surface area contributed by atoms with Crippen molar-refractivity contribution in [3.8, 4) is 0 Å². The molecule has 0 bridgehead atoms. The van der Waals surface area contributed by atoms with Crippen molar-refractivity contribution in [1.29, 1.82) is 0 Å². The van der Waals surface area contributed by atoms with E-state index in [-0.39, 0.29) is 17.7 Å². The smallest absolute Gasteiger partial charge is 0.391 e. The van der Waals surface area contributed by atoms with Gasteiger partial charge < -0.3 is 10.4 Å². The third kappa shape index (κ3) is 5.92. The van der Waals surface area contributed by atoms with Crippen LogP contribution in [-0.2, 0) is 14.8 Å². The predicted octanol–water partition coefficient (Wildman–Crippen LogP) is 2.26. The normalized spacial score (nSPS) is 23.1. The van der Waals surface area contributed by atoms with Gasteiger partial charge in [0, 0.05) is 6.04 Å². The summed E-state index contributed by atoms with van der Waals surface area (Å²) in [5.41, 5.74) is 0.847. The molecule has 1 fully saturated rings. The molecule has 1 aromatic rings. The maximum Gasteiger partial charge on any atom is 0.391 e. The highest BCUT2D eigenvalue weighted by atomic mass is 32.2. The minimum atomic E-state index is -4.33. The van der Waals surface area contributed by atoms with Crippen LogP contribution in [0.3, 0.4) is 0 Å². The summed E-state index contributed by atoms with van der Waals surface area (Å²) >= 11 is 0. The Bertz CT molecular complexity index is 779. The summed E-state index contributed by atoms with van der Waals surface area (Å²) in [4.78, 5) is 12.4. The molecule has 3 N–H and O–H groups in total. The van der Waals surface area contributed by atoms with Gasteiger partial charge in [-0.25, -0.2) is 8.42 Å². The summed E-state index contributed by atoms with van der Waals surface area (Å²) in [7, 11) is -4.09. The monoisotopic (exact) mass is 422 g/mol. The van der Waals surface area contributed by atoms with E-state index in [0.717, 1.165) is 5.56 Å². The van der Waals surface area contributed by atoms with E-state index in [1.54, 1.807) is 19.1 Å². The van der Waals surface area contributed by atoms with E-state index in [1.807, 2.05) is 0 Å². The topological polar surface area (TPSA) is 95.5 Å². The highest BCUT2D eigenvalue weighted by Crippen LogP contribution is 2.37. The van der Waals surface area contributed by atoms with Gasteiger partial charge in [-0.3, -0.25) is 4.79 Å². The van der Waals surface area contributed by atoms with Gasteiger partial charge in [-0.05, 0) is 45.2 Å². The summed E-state index contributed by atoms with van der Waals surface area (Å²) < 4.78 is 65.9. The molecule has 2 rings (SSSR count). The number of carbonyl (C=O) groups excluding carboxylic acids is 1. The summed E-state index contributed by atoms with van der Waals surface area (Å²) in [6, 6.07) is 3.67. The van der Waals surface area contributed by atoms with Crippen LogP contribution < -0.4 is 10.0 Å². The van der Waals surface area contributed by atoms with Crippen molar-refractivity contribution in [2.75, 3.05) is 0 Å². The summed E-state index contributed by atoms with van der Waals surface area (Å²) in [5, 5.41) is 12.3. The molecule has 0 aromatic heterocycles. The van der Waals surface area contributed by atoms with Gasteiger partial charge in [-0.15, -0.1) is 0 Å². The molecule has 1 aliphatic carbocycles. The van der Waals surface area contributed by atoms with Crippen LogP contribution in [0.4, 0.5) is 13.2 Å². The zero-order valence-corrected chi connectivity index (χ0v) is 16.5. The molecule has 28 heavy (non-hydrogen) atoms. The molecular formula is C18H25F3N2O4S. The zero-order valence-electron chi connectivity index (χ0n) is 15.7. The van der Waals surface area contributed by atoms with E-state index in [2.05, 4.69) is 10.0 Å². The second-order valence-electron chi connectivity index (χ2n) is 7.26. The number of hydrogen-bond donors (Lipinski definition) is 3. The van der Waals surface area contributed by atoms with Gasteiger partial charge >= 0.3 is 6.18 Å². The molecule has 0 heterocycles. The Hall–Kier alpha value is -1.65. The van der Waals surface area contributed by atoms with Crippen molar-refractivity contribution < 1.29 is 31.5 Å². The zero-order chi connectivity index (χ0) is 21.1. The van der Waals surface area contributed by atoms with Crippen LogP contribution in [0.25, 0.3) is 0 Å². The highest BCUT2D eigenvalue weighted by Gasteiger charge is 2.43. The summed E-state index contributed by atoms with van der Waals surface area (Å²) in [5.74, 6) is -2.35. The first kappa shape index (κ1) is 22.6. The maximum absolute atomic E-state index is 12.9. The minimum Gasteiger partial charge on any atom is -0.391 e. The number of aliphatic hydroxyl groups is 1. The number of amides is 1. The number of aryl methyl sites for hydroxylation is 1. The predicted molar refractivity (Wildman–Crippen MR) is 96.9 cm³/mol. The van der Waals surface area contributed by atoms with E-state index >= 15 is 0 Å². The van der Waals surface area contributed by atoms with Crippen LogP contribution in [0.2, 0.25) is 0 Å². The number of benzene rings is 1. The maximum atomic E-state index is 12.9. The second kappa shape index (κ2) is 8.79. The first-order valence-electron chi connectivity index (χ1n) is 9.04. The molecule has 0 spiro atoms. The van der Waals surface area contributed by atoms with Crippen molar-refractivity contribution in [3.05, 3.63) is 29.8 Å². The number of carbonyl (C=O) groups is 1. The van der Waals surface area contributed by atoms with Crippen LogP contribution in [0.5, 0.6) is 0 Å². The van der Waals surface area contributed by atoms with Crippen molar-refractivity contribution in [3.63, 3.8) is 0 Å². The van der Waals surface area contributed by atoms with Gasteiger partial charge in [0.15, 0.2) is 0 Å². The highest BCUT2D eigenvalue weighted by molar-refractivity contribution is 7.89. The van der Waals surface area contributed by atoms with Gasteiger partial charge in [-0.2, -0.15) is 17.9 Å². The Balaban J connectivity index is 2.08. The van der Waals surface area contributed by atoms with Crippen LogP contribution in [-0.4, -0.2) is 43.8 Å². The molecule has 4 atom stereocenters. The second-order valence-corrected chi connectivity index (χ2v) is 8.98. The molecule has 0 saturated heterocycles. The lowest BCUT2D eigenvalue weighted by Crippen LogP contribution is -2.55. The molecule has 1 saturated carbocycles. The standard InChI is InChI=1S/C18H25F3N2O4S/c1-11-6-8-15(9-7-11)28(26,27)23-16(12(2)24)17(25)22-14-5-3-4-13(10-14)18(19,20)21/h6-9,12-14,16,23-24H,3-5,10H2,1-2H3,(H,22,25). The van der Waals surface area contributed by atoms with E-state index in [9.17, 15) is 31.5 Å². The average Bonchev–Trinajstić information content (AvgIpc) is 2.59. The molecule has 4 unspecified atom stereocenters. The number of nitrogens with one attached hydrogen (secondary N) is 2. The van der Waals surface area contributed by atoms with Crippen molar-refractivity contribution in [1.82, 2.24) is 10.0 Å². The third-order valence-corrected chi connectivity index (χ3v) is 6.32. The Kier molecular flexibility index (Phi) is 7.11. The van der Waals surface area contributed by atoms with Gasteiger partial charge in [0.05, 0.1) is 16.9 Å². The molecule has 6 nitrogen and oxygen atoms in total. The largest absolute Gasteiger partial charge is 0.391 e. The number of halogens is 3. The molecule has 158 valence electrons. The van der Waals surface area contributed by atoms with Crippen LogP contribution in [0.15, 0.2) is 29.2 Å². The Morgan fingerprint density at radius 3 is 2.36 bits per heavy atom. The fourth-order valence-corrected chi connectivity index (χ4v) is 4.50. The van der Waals surface area contributed by atoms with Crippen molar-refractivity contribution in [2.24, 2.45) is 5.92 Å². The van der Waals surface area contributed by atoms with Gasteiger partial charge in [0.1, 0.15) is 6.04 Å². The number of alkyl halides is 3. The minimum absolute atomic E-state index is 0.00968. The number of hydrogen-bond acceptors (Lipinski definition) is 4. The molecule has 10 heteroatoms. The third-order valence-electron chi connectivity index (χ3n) is 4.86. The lowest BCUT2D eigenvalue weighted by Gasteiger charge is -2.32. The van der Waals surface area contributed by atoms with E-state index < -0.39 is 46.2 Å². The van der Waals surface area contributed by atoms with Crippen molar-refractivity contribution >= 4 is 15.9 Å². The average molecular weight is 422 g/mol. The number of aliphatic hydroxyl groups excluding tert-OH is 1. The van der Waals surface area contributed by atoms with E-state index in [1.165, 1.54) is 19.1 Å².